The van der Waals surface area contributed by atoms with Crippen LogP contribution in [0.3, 0.4) is 0 Å². The number of aromatic nitrogens is 1. The highest BCUT2D eigenvalue weighted by molar-refractivity contribution is 7.91. The molecule has 1 amide bonds. The van der Waals surface area contributed by atoms with Gasteiger partial charge in [0.2, 0.25) is 16.0 Å². The van der Waals surface area contributed by atoms with Gasteiger partial charge in [-0.3, -0.25) is 4.79 Å². The summed E-state index contributed by atoms with van der Waals surface area (Å²) in [5, 5.41) is 2.76. The van der Waals surface area contributed by atoms with E-state index in [-0.39, 0.29) is 41.2 Å². The van der Waals surface area contributed by atoms with Crippen molar-refractivity contribution in [1.29, 1.82) is 0 Å². The van der Waals surface area contributed by atoms with Gasteiger partial charge in [-0.2, -0.15) is 0 Å². The summed E-state index contributed by atoms with van der Waals surface area (Å²) in [6.45, 7) is 7.83. The highest BCUT2D eigenvalue weighted by Crippen LogP contribution is 2.54. The minimum atomic E-state index is -4.07. The second-order valence-corrected chi connectivity index (χ2v) is 14.1. The van der Waals surface area contributed by atoms with Crippen molar-refractivity contribution >= 4 is 27.6 Å². The molecular weight excluding hydrogens is 545 g/mol. The monoisotopic (exact) mass is 587 g/mol. The van der Waals surface area contributed by atoms with E-state index in [2.05, 4.69) is 24.1 Å². The van der Waals surface area contributed by atoms with Gasteiger partial charge in [0.05, 0.1) is 13.3 Å². The lowest BCUT2D eigenvalue weighted by molar-refractivity contribution is 0.102. The molecule has 2 aromatic rings. The summed E-state index contributed by atoms with van der Waals surface area (Å²) in [5.41, 5.74) is 5.14. The molecule has 3 N–H and O–H groups in total. The highest BCUT2D eigenvalue weighted by atomic mass is 32.2. The van der Waals surface area contributed by atoms with E-state index in [4.69, 9.17) is 15.5 Å². The molecule has 2 aliphatic rings. The second kappa shape index (κ2) is 11.6. The topological polar surface area (TPSA) is 127 Å². The zero-order valence-electron chi connectivity index (χ0n) is 24.8. The van der Waals surface area contributed by atoms with Gasteiger partial charge in [0, 0.05) is 18.3 Å². The zero-order chi connectivity index (χ0) is 30.2. The number of anilines is 1. The van der Waals surface area contributed by atoms with Gasteiger partial charge >= 0.3 is 0 Å². The van der Waals surface area contributed by atoms with Crippen LogP contribution >= 0.6 is 0 Å². The second-order valence-electron chi connectivity index (χ2n) is 11.8. The molecule has 4 rings (SSSR count). The summed E-state index contributed by atoms with van der Waals surface area (Å²) in [4.78, 5) is 21.8. The van der Waals surface area contributed by atoms with Crippen LogP contribution in [0.2, 0.25) is 0 Å². The smallest absolute Gasteiger partial charge is 0.274 e. The number of hydrogen-bond donors (Lipinski definition) is 2. The maximum absolute atomic E-state index is 15.8. The summed E-state index contributed by atoms with van der Waals surface area (Å²) in [6, 6.07) is 7.26. The van der Waals surface area contributed by atoms with Gasteiger partial charge in [-0.25, -0.2) is 27.1 Å². The van der Waals surface area contributed by atoms with Crippen molar-refractivity contribution in [3.8, 4) is 5.75 Å². The summed E-state index contributed by atoms with van der Waals surface area (Å²) in [5.74, 6) is 0.195. The molecule has 0 spiro atoms. The molecule has 1 aliphatic carbocycles. The van der Waals surface area contributed by atoms with E-state index in [9.17, 15) is 13.2 Å². The van der Waals surface area contributed by atoms with Crippen LogP contribution in [0.25, 0.3) is 0 Å². The molecule has 2 heterocycles. The number of guanidine groups is 1. The molecule has 4 unspecified atom stereocenters. The number of nitrogens with two attached hydrogens (primary N) is 1. The Balaban J connectivity index is 1.80. The standard InChI is InChI=1S/C30H42FN5O4S/c1-7-14-30(17-20(3)19(2)15-21-8-9-21)29(4,35-28(32)36(5)41(30,38)39)24-16-22(10-12-25(24)31)34-27(37)26-13-11-23(40-6)18-33-26/h10-13,16,18-21H,7-9,14-15,17H2,1-6H3,(H2,32,35)(H,34,37). The van der Waals surface area contributed by atoms with Crippen LogP contribution in [0.5, 0.6) is 5.75 Å². The third kappa shape index (κ3) is 5.65. The van der Waals surface area contributed by atoms with Crippen molar-refractivity contribution in [1.82, 2.24) is 9.29 Å². The summed E-state index contributed by atoms with van der Waals surface area (Å²) < 4.78 is 49.3. The number of carbonyl (C=O) groups is 1. The number of halogens is 1. The van der Waals surface area contributed by atoms with Gasteiger partial charge in [-0.15, -0.1) is 0 Å². The zero-order valence-corrected chi connectivity index (χ0v) is 25.6. The van der Waals surface area contributed by atoms with Crippen molar-refractivity contribution in [3.05, 3.63) is 53.6 Å². The number of amides is 1. The van der Waals surface area contributed by atoms with Gasteiger partial charge in [0.15, 0.2) is 0 Å². The number of ether oxygens (including phenoxy) is 1. The lowest BCUT2D eigenvalue weighted by atomic mass is 9.70. The van der Waals surface area contributed by atoms with Crippen molar-refractivity contribution in [2.24, 2.45) is 28.5 Å². The van der Waals surface area contributed by atoms with E-state index in [1.165, 1.54) is 57.5 Å². The van der Waals surface area contributed by atoms with Crippen LogP contribution in [-0.2, 0) is 15.6 Å². The Labute approximate surface area is 242 Å². The van der Waals surface area contributed by atoms with Crippen LogP contribution in [-0.4, -0.2) is 48.5 Å². The molecule has 41 heavy (non-hydrogen) atoms. The fourth-order valence-corrected chi connectivity index (χ4v) is 8.57. The number of aliphatic imine (C=N–C) groups is 1. The number of pyridine rings is 1. The minimum Gasteiger partial charge on any atom is -0.495 e. The summed E-state index contributed by atoms with van der Waals surface area (Å²) in [6.07, 6.45) is 6.00. The molecule has 1 aliphatic heterocycles. The average Bonchev–Trinajstić information content (AvgIpc) is 3.76. The van der Waals surface area contributed by atoms with E-state index in [1.54, 1.807) is 13.0 Å². The Hall–Kier alpha value is -3.21. The van der Waals surface area contributed by atoms with Gasteiger partial charge in [0.1, 0.15) is 27.5 Å². The molecule has 1 fully saturated rings. The Bertz CT molecular complexity index is 1410. The SMILES string of the molecule is CCCC1(CC(C)C(C)CC2CC2)C(C)(c2cc(NC(=O)c3ccc(OC)cn3)ccc2F)N=C(N)N(C)S1(=O)=O. The normalized spacial score (nSPS) is 25.2. The van der Waals surface area contributed by atoms with E-state index in [0.717, 1.165) is 10.7 Å². The Morgan fingerprint density at radius 3 is 2.54 bits per heavy atom. The molecule has 0 saturated heterocycles. The van der Waals surface area contributed by atoms with E-state index < -0.39 is 32.0 Å². The van der Waals surface area contributed by atoms with Crippen molar-refractivity contribution in [3.63, 3.8) is 0 Å². The summed E-state index contributed by atoms with van der Waals surface area (Å²) in [7, 11) is -1.16. The molecule has 11 heteroatoms. The molecular formula is C30H42FN5O4S. The van der Waals surface area contributed by atoms with Gasteiger partial charge in [0.25, 0.3) is 5.91 Å². The van der Waals surface area contributed by atoms with Crippen LogP contribution in [0, 0.1) is 23.6 Å². The lowest BCUT2D eigenvalue weighted by Gasteiger charge is -2.52. The fourth-order valence-electron chi connectivity index (χ4n) is 6.17. The van der Waals surface area contributed by atoms with Gasteiger partial charge < -0.3 is 15.8 Å². The Morgan fingerprint density at radius 2 is 1.95 bits per heavy atom. The van der Waals surface area contributed by atoms with Gasteiger partial charge in [-0.1, -0.05) is 40.0 Å². The van der Waals surface area contributed by atoms with Crippen LogP contribution in [0.4, 0.5) is 10.1 Å². The maximum Gasteiger partial charge on any atom is 0.274 e. The van der Waals surface area contributed by atoms with Crippen LogP contribution in [0.15, 0.2) is 41.5 Å². The number of hydrogen-bond acceptors (Lipinski definition) is 7. The first kappa shape index (κ1) is 30.7. The number of nitrogens with zero attached hydrogens (tertiary/aromatic N) is 3. The number of methoxy groups -OCH3 is 1. The number of carbonyl (C=O) groups excluding carboxylic acids is 1. The first-order valence-corrected chi connectivity index (χ1v) is 15.7. The first-order chi connectivity index (χ1) is 19.3. The van der Waals surface area contributed by atoms with Crippen LogP contribution < -0.4 is 15.8 Å². The molecule has 1 aromatic carbocycles. The van der Waals surface area contributed by atoms with Crippen molar-refractivity contribution in [2.75, 3.05) is 19.5 Å². The first-order valence-electron chi connectivity index (χ1n) is 14.2. The van der Waals surface area contributed by atoms with E-state index in [1.807, 2.05) is 6.92 Å². The molecule has 9 nitrogen and oxygen atoms in total. The third-order valence-electron chi connectivity index (χ3n) is 9.03. The van der Waals surface area contributed by atoms with Crippen molar-refractivity contribution < 1.29 is 22.3 Å². The van der Waals surface area contributed by atoms with Crippen LogP contribution in [0.1, 0.15) is 82.3 Å². The highest BCUT2D eigenvalue weighted by Gasteiger charge is 2.63. The molecule has 1 saturated carbocycles. The quantitative estimate of drug-likeness (QED) is 0.368. The number of sulfonamides is 1. The molecule has 1 aromatic heterocycles. The predicted molar refractivity (Wildman–Crippen MR) is 159 cm³/mol. The lowest BCUT2D eigenvalue weighted by Crippen LogP contribution is -2.65. The predicted octanol–water partition coefficient (Wildman–Crippen LogP) is 5.29. The van der Waals surface area contributed by atoms with Crippen molar-refractivity contribution in [2.45, 2.75) is 76.5 Å². The third-order valence-corrected chi connectivity index (χ3v) is 11.7. The summed E-state index contributed by atoms with van der Waals surface area (Å²) >= 11 is 0. The number of nitrogens with one attached hydrogen (secondary N) is 1. The molecule has 0 radical (unpaired) electrons. The number of benzene rings is 1. The maximum atomic E-state index is 15.8. The largest absolute Gasteiger partial charge is 0.495 e. The number of rotatable bonds is 11. The Morgan fingerprint density at radius 1 is 1.24 bits per heavy atom. The fraction of sp³-hybridized carbons (Fsp3) is 0.567. The Kier molecular flexibility index (Phi) is 8.68. The van der Waals surface area contributed by atoms with Gasteiger partial charge in [-0.05, 0) is 74.3 Å². The minimum absolute atomic E-state index is 0.0336. The molecule has 224 valence electrons. The average molecular weight is 588 g/mol. The van der Waals surface area contributed by atoms with E-state index >= 15 is 4.39 Å². The van der Waals surface area contributed by atoms with E-state index in [0.29, 0.717) is 24.5 Å². The molecule has 4 atom stereocenters. The molecule has 0 bridgehead atoms.